The molecule has 4 aromatic rings. The Hall–Kier alpha value is -2.84. The molecule has 6 nitrogen and oxygen atoms in total. The first-order valence-corrected chi connectivity index (χ1v) is 11.1. The molecule has 0 saturated heterocycles. The van der Waals surface area contributed by atoms with E-state index in [1.54, 1.807) is 17.5 Å². The summed E-state index contributed by atoms with van der Waals surface area (Å²) in [4.78, 5) is 4.53. The Kier molecular flexibility index (Phi) is 4.82. The molecule has 0 atom stereocenters. The van der Waals surface area contributed by atoms with Gasteiger partial charge in [-0.25, -0.2) is 13.4 Å². The molecule has 0 aliphatic carbocycles. The topological polar surface area (TPSA) is 86.0 Å². The summed E-state index contributed by atoms with van der Waals surface area (Å²) in [7, 11) is -3.74. The second kappa shape index (κ2) is 7.29. The molecule has 0 unspecified atom stereocenters. The number of hydrogen-bond acceptors (Lipinski definition) is 7. The number of nitrogens with zero attached hydrogens (tertiary/aromatic N) is 3. The molecular formula is C20H17N3O3S2. The van der Waals surface area contributed by atoms with E-state index in [0.29, 0.717) is 11.3 Å². The van der Waals surface area contributed by atoms with Crippen molar-refractivity contribution in [2.75, 3.05) is 0 Å². The fourth-order valence-electron chi connectivity index (χ4n) is 2.79. The molecule has 8 heteroatoms. The molecule has 0 N–H and O–H groups in total. The maximum absolute atomic E-state index is 12.7. The highest BCUT2D eigenvalue weighted by Gasteiger charge is 2.25. The van der Waals surface area contributed by atoms with Gasteiger partial charge in [0.25, 0.3) is 5.89 Å². The smallest absolute Gasteiger partial charge is 0.336 e. The number of benzene rings is 2. The fourth-order valence-corrected chi connectivity index (χ4v) is 4.90. The molecule has 0 aliphatic rings. The Labute approximate surface area is 166 Å². The van der Waals surface area contributed by atoms with Gasteiger partial charge in [0.15, 0.2) is 0 Å². The Morgan fingerprint density at radius 3 is 2.43 bits per heavy atom. The van der Waals surface area contributed by atoms with Gasteiger partial charge in [-0.05, 0) is 30.5 Å². The lowest BCUT2D eigenvalue weighted by atomic mass is 10.1. The summed E-state index contributed by atoms with van der Waals surface area (Å²) in [6, 6.07) is 15.2. The van der Waals surface area contributed by atoms with E-state index < -0.39 is 15.1 Å². The summed E-state index contributed by atoms with van der Waals surface area (Å²) >= 11 is 1.44. The third-order valence-corrected chi connectivity index (χ3v) is 6.64. The lowest BCUT2D eigenvalue weighted by Crippen LogP contribution is -2.06. The molecule has 0 aliphatic heterocycles. The zero-order chi connectivity index (χ0) is 19.7. The molecule has 2 aromatic heterocycles. The van der Waals surface area contributed by atoms with E-state index in [1.165, 1.54) is 11.3 Å². The number of thiazole rings is 1. The number of hydrogen-bond donors (Lipinski definition) is 0. The first kappa shape index (κ1) is 18.5. The Balaban J connectivity index is 1.61. The number of aryl methyl sites for hydroxylation is 2. The second-order valence-electron chi connectivity index (χ2n) is 6.41. The largest absolute Gasteiger partial charge is 0.406 e. The number of rotatable bonds is 5. The van der Waals surface area contributed by atoms with Gasteiger partial charge < -0.3 is 4.42 Å². The lowest BCUT2D eigenvalue weighted by Gasteiger charge is -2.03. The first-order valence-electron chi connectivity index (χ1n) is 8.57. The van der Waals surface area contributed by atoms with Gasteiger partial charge in [-0.1, -0.05) is 53.6 Å². The van der Waals surface area contributed by atoms with Gasteiger partial charge in [0.1, 0.15) is 10.7 Å². The summed E-state index contributed by atoms with van der Waals surface area (Å²) in [6.07, 6.45) is 0. The molecule has 0 radical (unpaired) electrons. The minimum absolute atomic E-state index is 0.0967. The van der Waals surface area contributed by atoms with Gasteiger partial charge in [0, 0.05) is 10.9 Å². The zero-order valence-electron chi connectivity index (χ0n) is 15.3. The van der Waals surface area contributed by atoms with Crippen LogP contribution >= 0.6 is 11.3 Å². The van der Waals surface area contributed by atoms with Crippen molar-refractivity contribution in [2.24, 2.45) is 0 Å². The van der Waals surface area contributed by atoms with Gasteiger partial charge in [-0.15, -0.1) is 16.4 Å². The molecule has 0 bridgehead atoms. The van der Waals surface area contributed by atoms with Crippen LogP contribution < -0.4 is 0 Å². The molecule has 0 amide bonds. The van der Waals surface area contributed by atoms with Crippen LogP contribution in [0.2, 0.25) is 0 Å². The highest BCUT2D eigenvalue weighted by Crippen LogP contribution is 2.31. The van der Waals surface area contributed by atoms with Crippen LogP contribution in [0.1, 0.15) is 16.7 Å². The van der Waals surface area contributed by atoms with Crippen LogP contribution in [-0.4, -0.2) is 23.6 Å². The quantitative estimate of drug-likeness (QED) is 0.482. The Morgan fingerprint density at radius 2 is 1.68 bits per heavy atom. The Morgan fingerprint density at radius 1 is 0.964 bits per heavy atom. The third-order valence-electron chi connectivity index (χ3n) is 4.38. The average Bonchev–Trinajstić information content (AvgIpc) is 3.33. The monoisotopic (exact) mass is 411 g/mol. The Bertz CT molecular complexity index is 1240. The maximum atomic E-state index is 12.7. The van der Waals surface area contributed by atoms with E-state index in [-0.39, 0.29) is 11.6 Å². The van der Waals surface area contributed by atoms with E-state index in [4.69, 9.17) is 4.42 Å². The molecule has 142 valence electrons. The van der Waals surface area contributed by atoms with Crippen molar-refractivity contribution >= 4 is 21.2 Å². The van der Waals surface area contributed by atoms with Crippen LogP contribution in [-0.2, 0) is 15.6 Å². The van der Waals surface area contributed by atoms with Crippen LogP contribution in [0.5, 0.6) is 0 Å². The van der Waals surface area contributed by atoms with Crippen molar-refractivity contribution < 1.29 is 12.8 Å². The van der Waals surface area contributed by atoms with Crippen molar-refractivity contribution in [3.05, 3.63) is 70.6 Å². The number of aromatic nitrogens is 3. The summed E-state index contributed by atoms with van der Waals surface area (Å²) in [6.45, 7) is 3.88. The van der Waals surface area contributed by atoms with E-state index in [1.807, 2.05) is 50.2 Å². The maximum Gasteiger partial charge on any atom is 0.336 e. The first-order chi connectivity index (χ1) is 13.4. The van der Waals surface area contributed by atoms with Crippen LogP contribution in [0, 0.1) is 13.8 Å². The predicted octanol–water partition coefficient (Wildman–Crippen LogP) is 4.45. The zero-order valence-corrected chi connectivity index (χ0v) is 16.9. The second-order valence-corrected chi connectivity index (χ2v) is 9.14. The van der Waals surface area contributed by atoms with Gasteiger partial charge in [0.05, 0.1) is 5.75 Å². The van der Waals surface area contributed by atoms with Gasteiger partial charge in [0.2, 0.25) is 9.84 Å². The van der Waals surface area contributed by atoms with Crippen molar-refractivity contribution in [1.82, 2.24) is 15.2 Å². The van der Waals surface area contributed by atoms with Crippen LogP contribution in [0.4, 0.5) is 0 Å². The fraction of sp³-hybridized carbons (Fsp3) is 0.150. The lowest BCUT2D eigenvalue weighted by molar-refractivity contribution is 0.439. The SMILES string of the molecule is Cc1ccccc1CS(=O)(=O)c1nnc(-c2csc(-c3ccccc3C)n2)o1. The minimum atomic E-state index is -3.74. The standard InChI is InChI=1S/C20H17N3O3S2/c1-13-7-3-5-9-15(13)12-28(24,25)20-23-22-18(26-20)17-11-27-19(21-17)16-10-6-4-8-14(16)2/h3-11H,12H2,1-2H3. The van der Waals surface area contributed by atoms with E-state index >= 15 is 0 Å². The molecule has 0 spiro atoms. The van der Waals surface area contributed by atoms with Crippen LogP contribution in [0.15, 0.2) is 63.6 Å². The third kappa shape index (κ3) is 3.61. The van der Waals surface area contributed by atoms with Crippen molar-refractivity contribution in [1.29, 1.82) is 0 Å². The average molecular weight is 412 g/mol. The molecule has 4 rings (SSSR count). The molecule has 0 fully saturated rings. The molecule has 0 saturated carbocycles. The van der Waals surface area contributed by atoms with Crippen LogP contribution in [0.3, 0.4) is 0 Å². The molecule has 2 heterocycles. The summed E-state index contributed by atoms with van der Waals surface area (Å²) in [5.41, 5.74) is 4.19. The molecular weight excluding hydrogens is 394 g/mol. The van der Waals surface area contributed by atoms with E-state index in [9.17, 15) is 8.42 Å². The van der Waals surface area contributed by atoms with E-state index in [2.05, 4.69) is 15.2 Å². The summed E-state index contributed by atoms with van der Waals surface area (Å²) in [5.74, 6) is -0.0910. The summed E-state index contributed by atoms with van der Waals surface area (Å²) in [5, 5.41) is 9.85. The van der Waals surface area contributed by atoms with Gasteiger partial charge in [-0.3, -0.25) is 0 Å². The van der Waals surface area contributed by atoms with Crippen molar-refractivity contribution in [3.63, 3.8) is 0 Å². The minimum Gasteiger partial charge on any atom is -0.406 e. The highest BCUT2D eigenvalue weighted by molar-refractivity contribution is 7.90. The van der Waals surface area contributed by atoms with Gasteiger partial charge >= 0.3 is 5.22 Å². The number of sulfone groups is 1. The summed E-state index contributed by atoms with van der Waals surface area (Å²) < 4.78 is 30.8. The predicted molar refractivity (Wildman–Crippen MR) is 108 cm³/mol. The van der Waals surface area contributed by atoms with Gasteiger partial charge in [-0.2, -0.15) is 0 Å². The molecule has 2 aromatic carbocycles. The van der Waals surface area contributed by atoms with Crippen molar-refractivity contribution in [2.45, 2.75) is 24.8 Å². The molecule has 28 heavy (non-hydrogen) atoms. The highest BCUT2D eigenvalue weighted by atomic mass is 32.2. The van der Waals surface area contributed by atoms with E-state index in [0.717, 1.165) is 21.7 Å². The normalized spacial score (nSPS) is 11.6. The van der Waals surface area contributed by atoms with Crippen molar-refractivity contribution in [3.8, 4) is 22.2 Å². The van der Waals surface area contributed by atoms with Crippen LogP contribution in [0.25, 0.3) is 22.2 Å².